The zero-order valence-electron chi connectivity index (χ0n) is 14.6. The number of rotatable bonds is 5. The first-order valence-electron chi connectivity index (χ1n) is 7.81. The van der Waals surface area contributed by atoms with Crippen LogP contribution in [0, 0.1) is 11.2 Å². The molecule has 0 radical (unpaired) electrons. The van der Waals surface area contributed by atoms with Crippen LogP contribution in [0.25, 0.3) is 0 Å². The van der Waals surface area contributed by atoms with Gasteiger partial charge >= 0.3 is 5.97 Å². The first kappa shape index (κ1) is 19.1. The fourth-order valence-corrected chi connectivity index (χ4v) is 2.09. The number of anilines is 2. The number of nitrogens with one attached hydrogen (secondary N) is 2. The van der Waals surface area contributed by atoms with Crippen LogP contribution in [0.2, 0.25) is 0 Å². The topological polar surface area (TPSA) is 84.5 Å². The van der Waals surface area contributed by atoms with E-state index < -0.39 is 29.0 Å². The summed E-state index contributed by atoms with van der Waals surface area (Å²) in [7, 11) is 1.26. The molecule has 7 heteroatoms. The number of carbonyl (C=O) groups excluding carboxylic acids is 3. The van der Waals surface area contributed by atoms with E-state index in [-0.39, 0.29) is 11.3 Å². The highest BCUT2D eigenvalue weighted by Crippen LogP contribution is 2.22. The Labute approximate surface area is 150 Å². The second kappa shape index (κ2) is 7.77. The molecule has 0 heterocycles. The van der Waals surface area contributed by atoms with E-state index in [1.807, 2.05) is 0 Å². The predicted octanol–water partition coefficient (Wildman–Crippen LogP) is 3.22. The van der Waals surface area contributed by atoms with Gasteiger partial charge in [-0.15, -0.1) is 0 Å². The molecular formula is C19H19FN2O4. The van der Waals surface area contributed by atoms with E-state index in [1.54, 1.807) is 18.2 Å². The monoisotopic (exact) mass is 358 g/mol. The molecule has 2 aromatic rings. The molecule has 2 amide bonds. The second-order valence-electron chi connectivity index (χ2n) is 6.12. The van der Waals surface area contributed by atoms with Gasteiger partial charge in [-0.25, -0.2) is 9.18 Å². The molecule has 6 nitrogen and oxygen atoms in total. The Balaban J connectivity index is 2.12. The summed E-state index contributed by atoms with van der Waals surface area (Å²) >= 11 is 0. The molecule has 0 bridgehead atoms. The standard InChI is InChI=1S/C19H19FN2O4/c1-19(2,18(25)22-15-9-5-7-13(20)11-15)17(24)21-14-8-4-6-12(10-14)16(23)26-3/h4-11H,1-3H3,(H,21,24)(H,22,25). The quantitative estimate of drug-likeness (QED) is 0.635. The van der Waals surface area contributed by atoms with Crippen molar-refractivity contribution in [1.29, 1.82) is 0 Å². The van der Waals surface area contributed by atoms with E-state index in [0.29, 0.717) is 5.69 Å². The van der Waals surface area contributed by atoms with Crippen molar-refractivity contribution in [2.75, 3.05) is 17.7 Å². The zero-order chi connectivity index (χ0) is 19.3. The zero-order valence-corrected chi connectivity index (χ0v) is 14.6. The average molecular weight is 358 g/mol. The summed E-state index contributed by atoms with van der Waals surface area (Å²) in [6.07, 6.45) is 0. The lowest BCUT2D eigenvalue weighted by molar-refractivity contribution is -0.135. The number of halogens is 1. The summed E-state index contributed by atoms with van der Waals surface area (Å²) in [4.78, 5) is 36.5. The maximum Gasteiger partial charge on any atom is 0.337 e. The number of hydrogen-bond acceptors (Lipinski definition) is 4. The third-order valence-electron chi connectivity index (χ3n) is 3.76. The number of methoxy groups -OCH3 is 1. The minimum atomic E-state index is -1.44. The summed E-state index contributed by atoms with van der Waals surface area (Å²) in [5, 5.41) is 5.11. The molecule has 2 rings (SSSR count). The smallest absolute Gasteiger partial charge is 0.337 e. The molecular weight excluding hydrogens is 339 g/mol. The summed E-state index contributed by atoms with van der Waals surface area (Å²) in [6, 6.07) is 11.6. The SMILES string of the molecule is COC(=O)c1cccc(NC(=O)C(C)(C)C(=O)Nc2cccc(F)c2)c1. The van der Waals surface area contributed by atoms with Crippen LogP contribution in [0.4, 0.5) is 15.8 Å². The molecule has 0 aliphatic rings. The van der Waals surface area contributed by atoms with Crippen LogP contribution >= 0.6 is 0 Å². The van der Waals surface area contributed by atoms with Crippen molar-refractivity contribution in [1.82, 2.24) is 0 Å². The van der Waals surface area contributed by atoms with Crippen LogP contribution in [-0.4, -0.2) is 24.9 Å². The Morgan fingerprint density at radius 2 is 1.46 bits per heavy atom. The fourth-order valence-electron chi connectivity index (χ4n) is 2.09. The summed E-state index contributed by atoms with van der Waals surface area (Å²) in [5.74, 6) is -2.20. The maximum atomic E-state index is 13.2. The first-order valence-corrected chi connectivity index (χ1v) is 7.81. The molecule has 2 aromatic carbocycles. The molecule has 136 valence electrons. The lowest BCUT2D eigenvalue weighted by Crippen LogP contribution is -2.41. The summed E-state index contributed by atoms with van der Waals surface area (Å²) in [6.45, 7) is 2.89. The van der Waals surface area contributed by atoms with Gasteiger partial charge in [0.1, 0.15) is 11.2 Å². The van der Waals surface area contributed by atoms with Gasteiger partial charge in [0.15, 0.2) is 0 Å². The second-order valence-corrected chi connectivity index (χ2v) is 6.12. The molecule has 0 unspecified atom stereocenters. The molecule has 0 saturated heterocycles. The van der Waals surface area contributed by atoms with Crippen molar-refractivity contribution in [3.63, 3.8) is 0 Å². The maximum absolute atomic E-state index is 13.2. The lowest BCUT2D eigenvalue weighted by atomic mass is 9.90. The highest BCUT2D eigenvalue weighted by atomic mass is 19.1. The fraction of sp³-hybridized carbons (Fsp3) is 0.211. The van der Waals surface area contributed by atoms with Gasteiger partial charge in [0, 0.05) is 11.4 Å². The molecule has 26 heavy (non-hydrogen) atoms. The van der Waals surface area contributed by atoms with E-state index in [0.717, 1.165) is 6.07 Å². The Bertz CT molecular complexity index is 849. The lowest BCUT2D eigenvalue weighted by Gasteiger charge is -2.23. The van der Waals surface area contributed by atoms with Crippen molar-refractivity contribution in [2.24, 2.45) is 5.41 Å². The number of benzene rings is 2. The van der Waals surface area contributed by atoms with Gasteiger partial charge in [-0.1, -0.05) is 12.1 Å². The third kappa shape index (κ3) is 4.44. The van der Waals surface area contributed by atoms with Gasteiger partial charge in [-0.05, 0) is 50.2 Å². The highest BCUT2D eigenvalue weighted by molar-refractivity contribution is 6.14. The minimum absolute atomic E-state index is 0.253. The van der Waals surface area contributed by atoms with Crippen LogP contribution in [0.1, 0.15) is 24.2 Å². The number of esters is 1. The molecule has 0 spiro atoms. The van der Waals surface area contributed by atoms with E-state index >= 15 is 0 Å². The van der Waals surface area contributed by atoms with Crippen LogP contribution < -0.4 is 10.6 Å². The molecule has 0 saturated carbocycles. The molecule has 2 N–H and O–H groups in total. The third-order valence-corrected chi connectivity index (χ3v) is 3.76. The number of amides is 2. The van der Waals surface area contributed by atoms with Crippen LogP contribution in [-0.2, 0) is 14.3 Å². The van der Waals surface area contributed by atoms with Gasteiger partial charge in [-0.3, -0.25) is 9.59 Å². The Kier molecular flexibility index (Phi) is 5.71. The van der Waals surface area contributed by atoms with Crippen LogP contribution in [0.5, 0.6) is 0 Å². The van der Waals surface area contributed by atoms with E-state index in [4.69, 9.17) is 0 Å². The van der Waals surface area contributed by atoms with E-state index in [1.165, 1.54) is 45.2 Å². The molecule has 0 aromatic heterocycles. The predicted molar refractivity (Wildman–Crippen MR) is 95.2 cm³/mol. The van der Waals surface area contributed by atoms with Crippen molar-refractivity contribution >= 4 is 29.2 Å². The molecule has 0 atom stereocenters. The van der Waals surface area contributed by atoms with Crippen LogP contribution in [0.15, 0.2) is 48.5 Å². The summed E-state index contributed by atoms with van der Waals surface area (Å²) in [5.41, 5.74) is -0.562. The number of hydrogen-bond donors (Lipinski definition) is 2. The number of carbonyl (C=O) groups is 3. The molecule has 0 aliphatic carbocycles. The minimum Gasteiger partial charge on any atom is -0.465 e. The average Bonchev–Trinajstić information content (AvgIpc) is 2.61. The van der Waals surface area contributed by atoms with Gasteiger partial charge in [-0.2, -0.15) is 0 Å². The number of ether oxygens (including phenoxy) is 1. The largest absolute Gasteiger partial charge is 0.465 e. The van der Waals surface area contributed by atoms with Crippen LogP contribution in [0.3, 0.4) is 0 Å². The first-order chi connectivity index (χ1) is 12.2. The van der Waals surface area contributed by atoms with Gasteiger partial charge < -0.3 is 15.4 Å². The Morgan fingerprint density at radius 1 is 0.923 bits per heavy atom. The highest BCUT2D eigenvalue weighted by Gasteiger charge is 2.36. The Morgan fingerprint density at radius 3 is 2.00 bits per heavy atom. The van der Waals surface area contributed by atoms with Crippen molar-refractivity contribution in [2.45, 2.75) is 13.8 Å². The van der Waals surface area contributed by atoms with Crippen molar-refractivity contribution in [3.05, 3.63) is 59.9 Å². The van der Waals surface area contributed by atoms with Crippen molar-refractivity contribution in [3.8, 4) is 0 Å². The van der Waals surface area contributed by atoms with Gasteiger partial charge in [0.2, 0.25) is 11.8 Å². The van der Waals surface area contributed by atoms with E-state index in [9.17, 15) is 18.8 Å². The molecule has 0 fully saturated rings. The summed E-state index contributed by atoms with van der Waals surface area (Å²) < 4.78 is 17.9. The van der Waals surface area contributed by atoms with E-state index in [2.05, 4.69) is 15.4 Å². The van der Waals surface area contributed by atoms with Gasteiger partial charge in [0.25, 0.3) is 0 Å². The molecule has 0 aliphatic heterocycles. The van der Waals surface area contributed by atoms with Crippen molar-refractivity contribution < 1.29 is 23.5 Å². The normalized spacial score (nSPS) is 10.8. The Hall–Kier alpha value is -3.22. The van der Waals surface area contributed by atoms with Gasteiger partial charge in [0.05, 0.1) is 12.7 Å².